The highest BCUT2D eigenvalue weighted by molar-refractivity contribution is 5.97. The minimum atomic E-state index is -1.79. The van der Waals surface area contributed by atoms with Gasteiger partial charge in [0.05, 0.1) is 25.9 Å². The van der Waals surface area contributed by atoms with Crippen LogP contribution in [0.25, 0.3) is 0 Å². The zero-order valence-electron chi connectivity index (χ0n) is 34.5. The number of phenolic OH excluding ortho intramolecular Hbond substituents is 1. The van der Waals surface area contributed by atoms with Crippen molar-refractivity contribution in [1.29, 1.82) is 0 Å². The molecule has 0 heterocycles. The molecule has 0 aliphatic heterocycles. The molecular formula is C42H54N8O13. The number of nitrogens with one attached hydrogen (secondary N) is 7. The van der Waals surface area contributed by atoms with Crippen LogP contribution in [0.15, 0.2) is 84.9 Å². The van der Waals surface area contributed by atoms with Gasteiger partial charge in [0, 0.05) is 19.3 Å². The lowest BCUT2D eigenvalue weighted by atomic mass is 10.0. The van der Waals surface area contributed by atoms with Crippen molar-refractivity contribution < 1.29 is 63.9 Å². The van der Waals surface area contributed by atoms with Crippen molar-refractivity contribution in [2.24, 2.45) is 5.73 Å². The summed E-state index contributed by atoms with van der Waals surface area (Å²) in [6.07, 6.45) is -1.95. The van der Waals surface area contributed by atoms with Crippen LogP contribution < -0.4 is 43.0 Å². The van der Waals surface area contributed by atoms with E-state index in [1.54, 1.807) is 60.7 Å². The van der Waals surface area contributed by atoms with Crippen molar-refractivity contribution in [3.8, 4) is 5.75 Å². The first-order valence-electron chi connectivity index (χ1n) is 19.8. The molecule has 3 aromatic rings. The summed E-state index contributed by atoms with van der Waals surface area (Å²) in [7, 11) is 0. The fourth-order valence-corrected chi connectivity index (χ4v) is 5.95. The molecule has 0 saturated heterocycles. The third kappa shape index (κ3) is 16.5. The number of rotatable bonds is 24. The second-order valence-corrected chi connectivity index (χ2v) is 14.5. The molecule has 7 amide bonds. The van der Waals surface area contributed by atoms with Crippen molar-refractivity contribution in [3.05, 3.63) is 102 Å². The van der Waals surface area contributed by atoms with Gasteiger partial charge in [-0.25, -0.2) is 0 Å². The monoisotopic (exact) mass is 878 g/mol. The number of phenols is 1. The Balaban J connectivity index is 1.79. The lowest BCUT2D eigenvalue weighted by Crippen LogP contribution is -2.62. The summed E-state index contributed by atoms with van der Waals surface area (Å²) in [6.45, 7) is -0.127. The highest BCUT2D eigenvalue weighted by Crippen LogP contribution is 2.12. The molecule has 8 atom stereocenters. The summed E-state index contributed by atoms with van der Waals surface area (Å²) >= 11 is 0. The summed E-state index contributed by atoms with van der Waals surface area (Å²) in [5, 5.41) is 66.3. The van der Waals surface area contributed by atoms with Gasteiger partial charge in [-0.1, -0.05) is 72.8 Å². The molecular weight excluding hydrogens is 825 g/mol. The molecule has 0 aliphatic rings. The van der Waals surface area contributed by atoms with E-state index in [-0.39, 0.29) is 25.0 Å². The smallest absolute Gasteiger partial charge is 0.325 e. The van der Waals surface area contributed by atoms with E-state index in [0.717, 1.165) is 0 Å². The second-order valence-electron chi connectivity index (χ2n) is 14.5. The molecule has 0 radical (unpaired) electrons. The van der Waals surface area contributed by atoms with Gasteiger partial charge in [-0.3, -0.25) is 38.4 Å². The van der Waals surface area contributed by atoms with E-state index in [4.69, 9.17) is 5.73 Å². The summed E-state index contributed by atoms with van der Waals surface area (Å²) in [4.78, 5) is 105. The number of aliphatic carboxylic acids is 1. The van der Waals surface area contributed by atoms with Crippen LogP contribution in [0.1, 0.15) is 30.5 Å². The van der Waals surface area contributed by atoms with Gasteiger partial charge in [-0.05, 0) is 42.7 Å². The predicted octanol–water partition coefficient (Wildman–Crippen LogP) is -3.76. The number of carboxylic acid groups (broad SMARTS) is 1. The number of hydrogen-bond acceptors (Lipinski definition) is 13. The van der Waals surface area contributed by atoms with Gasteiger partial charge in [0.25, 0.3) is 0 Å². The maximum absolute atomic E-state index is 13.8. The maximum atomic E-state index is 13.8. The fraction of sp³-hybridized carbons (Fsp3) is 0.381. The average Bonchev–Trinajstić information content (AvgIpc) is 3.26. The van der Waals surface area contributed by atoms with Gasteiger partial charge in [0.1, 0.15) is 48.0 Å². The van der Waals surface area contributed by atoms with E-state index >= 15 is 0 Å². The highest BCUT2D eigenvalue weighted by Gasteiger charge is 2.35. The van der Waals surface area contributed by atoms with Gasteiger partial charge in [0.15, 0.2) is 0 Å². The molecule has 63 heavy (non-hydrogen) atoms. The van der Waals surface area contributed by atoms with E-state index in [2.05, 4.69) is 37.2 Å². The van der Waals surface area contributed by atoms with Gasteiger partial charge >= 0.3 is 5.97 Å². The van der Waals surface area contributed by atoms with Crippen molar-refractivity contribution in [2.75, 3.05) is 19.8 Å². The van der Waals surface area contributed by atoms with Crippen molar-refractivity contribution in [3.63, 3.8) is 0 Å². The van der Waals surface area contributed by atoms with Crippen LogP contribution in [0.3, 0.4) is 0 Å². The van der Waals surface area contributed by atoms with Crippen LogP contribution in [0.5, 0.6) is 5.75 Å². The van der Waals surface area contributed by atoms with Crippen molar-refractivity contribution >= 4 is 47.3 Å². The summed E-state index contributed by atoms with van der Waals surface area (Å²) in [6, 6.07) is 11.6. The van der Waals surface area contributed by atoms with Crippen molar-refractivity contribution in [2.45, 2.75) is 81.5 Å². The number of nitrogens with two attached hydrogens (primary N) is 1. The third-order valence-corrected chi connectivity index (χ3v) is 9.47. The lowest BCUT2D eigenvalue weighted by Gasteiger charge is -2.28. The first kappa shape index (κ1) is 50.4. The van der Waals surface area contributed by atoms with Crippen LogP contribution in [0.2, 0.25) is 0 Å². The summed E-state index contributed by atoms with van der Waals surface area (Å²) < 4.78 is 0. The molecule has 3 rings (SSSR count). The topological polar surface area (TPSA) is 348 Å². The van der Waals surface area contributed by atoms with E-state index < -0.39 is 115 Å². The zero-order valence-corrected chi connectivity index (χ0v) is 34.5. The van der Waals surface area contributed by atoms with Crippen LogP contribution >= 0.6 is 0 Å². The maximum Gasteiger partial charge on any atom is 0.325 e. The van der Waals surface area contributed by atoms with E-state index in [0.29, 0.717) is 16.7 Å². The zero-order chi connectivity index (χ0) is 46.6. The normalized spacial score (nSPS) is 14.7. The van der Waals surface area contributed by atoms with Gasteiger partial charge in [-0.15, -0.1) is 0 Å². The molecule has 0 unspecified atom stereocenters. The minimum Gasteiger partial charge on any atom is -0.508 e. The van der Waals surface area contributed by atoms with E-state index in [9.17, 15) is 63.9 Å². The Bertz CT molecular complexity index is 2020. The van der Waals surface area contributed by atoms with Crippen LogP contribution in [0.4, 0.5) is 0 Å². The number of aliphatic hydroxyl groups is 3. The largest absolute Gasteiger partial charge is 0.508 e. The Hall–Kier alpha value is -6.94. The van der Waals surface area contributed by atoms with Crippen LogP contribution in [0, 0.1) is 0 Å². The quantitative estimate of drug-likeness (QED) is 0.0411. The first-order valence-corrected chi connectivity index (χ1v) is 19.8. The second kappa shape index (κ2) is 25.1. The molecule has 14 N–H and O–H groups in total. The number of carbonyl (C=O) groups excluding carboxylic acids is 7. The SMILES string of the molecule is C[C@H](NC(=O)[C@H](Cc1ccc(O)cc1)NC(=O)[C@H](CO)NC(=O)[C@H](CO)NC(=O)[C@H](Cc1ccccc1)NC(=O)[C@@H](NC(=O)[C@H](Cc1ccccc1)NC(=O)CN)[C@@H](C)O)C(=O)O. The molecule has 0 fully saturated rings. The number of amides is 7. The number of carboxylic acids is 1. The van der Waals surface area contributed by atoms with Gasteiger partial charge < -0.3 is 68.5 Å². The van der Waals surface area contributed by atoms with Gasteiger partial charge in [0.2, 0.25) is 41.4 Å². The Labute approximate surface area is 362 Å². The molecule has 0 aromatic heterocycles. The average molecular weight is 879 g/mol. The number of carbonyl (C=O) groups is 8. The molecule has 340 valence electrons. The van der Waals surface area contributed by atoms with Gasteiger partial charge in [-0.2, -0.15) is 0 Å². The van der Waals surface area contributed by atoms with Crippen LogP contribution in [-0.2, 0) is 57.6 Å². The Morgan fingerprint density at radius 1 is 0.508 bits per heavy atom. The lowest BCUT2D eigenvalue weighted by molar-refractivity contribution is -0.142. The molecule has 0 saturated carbocycles. The Kier molecular flexibility index (Phi) is 20.1. The van der Waals surface area contributed by atoms with Crippen molar-refractivity contribution in [1.82, 2.24) is 37.2 Å². The molecule has 3 aromatic carbocycles. The third-order valence-electron chi connectivity index (χ3n) is 9.47. The number of aromatic hydroxyl groups is 1. The van der Waals surface area contributed by atoms with E-state index in [1.165, 1.54) is 38.1 Å². The number of benzene rings is 3. The molecule has 0 aliphatic carbocycles. The summed E-state index contributed by atoms with van der Waals surface area (Å²) in [5.74, 6) is -8.25. The standard InChI is InChI=1S/C42H54N8O13/c1-23(42(62)63)44-36(56)30(19-27-13-15-28(54)16-14-27)46-39(59)32(21-51)49-40(60)33(22-52)48-37(57)31(18-26-11-7-4-8-12-26)47-41(61)35(24(2)53)50-38(58)29(45-34(55)20-43)17-25-9-5-3-6-10-25/h3-16,23-24,29-33,35,51-54H,17-22,43H2,1-2H3,(H,44,56)(H,45,55)(H,46,59)(H,47,61)(H,48,57)(H,49,60)(H,50,58)(H,62,63)/t23-,24+,29-,30-,31-,32-,33-,35-/m0/s1. The molecule has 21 heteroatoms. The fourth-order valence-electron chi connectivity index (χ4n) is 5.95. The number of hydrogen-bond donors (Lipinski definition) is 13. The highest BCUT2D eigenvalue weighted by atomic mass is 16.4. The molecule has 0 spiro atoms. The number of aliphatic hydroxyl groups excluding tert-OH is 3. The predicted molar refractivity (Wildman–Crippen MR) is 224 cm³/mol. The minimum absolute atomic E-state index is 0.00317. The Morgan fingerprint density at radius 3 is 1.29 bits per heavy atom. The van der Waals surface area contributed by atoms with Crippen LogP contribution in [-0.4, -0.2) is 141 Å². The summed E-state index contributed by atoms with van der Waals surface area (Å²) in [5.41, 5.74) is 7.07. The first-order chi connectivity index (χ1) is 29.9. The molecule has 0 bridgehead atoms. The molecule has 21 nitrogen and oxygen atoms in total. The Morgan fingerprint density at radius 2 is 0.873 bits per heavy atom. The van der Waals surface area contributed by atoms with E-state index in [1.807, 2.05) is 0 Å².